The topological polar surface area (TPSA) is 15.3 Å². The maximum atomic E-state index is 3.46. The highest BCUT2D eigenvalue weighted by atomic mass is 15.1. The van der Waals surface area contributed by atoms with Crippen LogP contribution in [0.3, 0.4) is 0 Å². The molecule has 0 heterocycles. The molecule has 0 bridgehead atoms. The molecule has 106 valence electrons. The van der Waals surface area contributed by atoms with E-state index in [1.165, 1.54) is 22.4 Å². The van der Waals surface area contributed by atoms with E-state index in [-0.39, 0.29) is 0 Å². The molecule has 2 rings (SSSR count). The molecule has 0 aliphatic carbocycles. The minimum atomic E-state index is 0.390. The van der Waals surface area contributed by atoms with E-state index in [2.05, 4.69) is 86.7 Å². The van der Waals surface area contributed by atoms with Crippen LogP contribution in [-0.4, -0.2) is 20.6 Å². The predicted molar refractivity (Wildman–Crippen MR) is 88.3 cm³/mol. The Morgan fingerprint density at radius 3 is 2.30 bits per heavy atom. The first kappa shape index (κ1) is 14.6. The van der Waals surface area contributed by atoms with Gasteiger partial charge in [0.25, 0.3) is 0 Å². The van der Waals surface area contributed by atoms with E-state index in [1.54, 1.807) is 0 Å². The van der Waals surface area contributed by atoms with Crippen molar-refractivity contribution in [1.82, 2.24) is 5.32 Å². The van der Waals surface area contributed by atoms with Gasteiger partial charge in [0.1, 0.15) is 0 Å². The monoisotopic (exact) mass is 268 g/mol. The highest BCUT2D eigenvalue weighted by Crippen LogP contribution is 2.25. The second-order valence-electron chi connectivity index (χ2n) is 5.35. The van der Waals surface area contributed by atoms with Gasteiger partial charge in [-0.15, -0.1) is 0 Å². The van der Waals surface area contributed by atoms with Gasteiger partial charge in [0.05, 0.1) is 0 Å². The molecule has 1 unspecified atom stereocenters. The summed E-state index contributed by atoms with van der Waals surface area (Å²) in [6.07, 6.45) is 0. The molecule has 0 radical (unpaired) electrons. The lowest BCUT2D eigenvalue weighted by atomic mass is 10.00. The van der Waals surface area contributed by atoms with Gasteiger partial charge in [-0.1, -0.05) is 37.3 Å². The zero-order chi connectivity index (χ0) is 14.5. The first-order valence-electron chi connectivity index (χ1n) is 7.23. The Hall–Kier alpha value is -1.80. The van der Waals surface area contributed by atoms with Crippen LogP contribution in [0.1, 0.15) is 25.5 Å². The van der Waals surface area contributed by atoms with E-state index in [0.717, 1.165) is 6.54 Å². The van der Waals surface area contributed by atoms with Crippen molar-refractivity contribution in [2.75, 3.05) is 25.5 Å². The van der Waals surface area contributed by atoms with Crippen LogP contribution in [0.5, 0.6) is 0 Å². The molecule has 0 aliphatic rings. The maximum Gasteiger partial charge on any atom is 0.0361 e. The molecule has 2 aromatic carbocycles. The fraction of sp³-hybridized carbons (Fsp3) is 0.333. The van der Waals surface area contributed by atoms with Crippen molar-refractivity contribution in [2.45, 2.75) is 19.9 Å². The molecular formula is C18H24N2. The van der Waals surface area contributed by atoms with E-state index in [9.17, 15) is 0 Å². The summed E-state index contributed by atoms with van der Waals surface area (Å²) in [6, 6.07) is 17.9. The first-order valence-corrected chi connectivity index (χ1v) is 7.23. The Balaban J connectivity index is 2.26. The van der Waals surface area contributed by atoms with Gasteiger partial charge in [-0.25, -0.2) is 0 Å². The Morgan fingerprint density at radius 2 is 1.70 bits per heavy atom. The molecule has 0 saturated carbocycles. The van der Waals surface area contributed by atoms with Crippen LogP contribution >= 0.6 is 0 Å². The van der Waals surface area contributed by atoms with Crippen LogP contribution in [0.4, 0.5) is 5.69 Å². The van der Waals surface area contributed by atoms with Crippen LogP contribution in [0.25, 0.3) is 11.1 Å². The van der Waals surface area contributed by atoms with Crippen molar-refractivity contribution in [3.05, 3.63) is 54.1 Å². The maximum absolute atomic E-state index is 3.46. The highest BCUT2D eigenvalue weighted by molar-refractivity contribution is 5.67. The van der Waals surface area contributed by atoms with E-state index in [4.69, 9.17) is 0 Å². The third kappa shape index (κ3) is 3.40. The third-order valence-electron chi connectivity index (χ3n) is 3.61. The normalized spacial score (nSPS) is 12.2. The molecule has 2 aromatic rings. The molecule has 2 nitrogen and oxygen atoms in total. The van der Waals surface area contributed by atoms with E-state index >= 15 is 0 Å². The van der Waals surface area contributed by atoms with Crippen molar-refractivity contribution in [3.63, 3.8) is 0 Å². The van der Waals surface area contributed by atoms with Gasteiger partial charge < -0.3 is 10.2 Å². The summed E-state index contributed by atoms with van der Waals surface area (Å²) in [5.74, 6) is 0. The van der Waals surface area contributed by atoms with Gasteiger partial charge >= 0.3 is 0 Å². The molecule has 0 spiro atoms. The number of rotatable bonds is 5. The van der Waals surface area contributed by atoms with Crippen molar-refractivity contribution in [3.8, 4) is 11.1 Å². The number of nitrogens with one attached hydrogen (secondary N) is 1. The fourth-order valence-electron chi connectivity index (χ4n) is 2.36. The molecular weight excluding hydrogens is 244 g/mol. The predicted octanol–water partition coefficient (Wildman–Crippen LogP) is 4.09. The molecule has 2 heteroatoms. The molecule has 1 atom stereocenters. The van der Waals surface area contributed by atoms with E-state index in [0.29, 0.717) is 6.04 Å². The Labute approximate surface area is 122 Å². The molecule has 0 amide bonds. The second-order valence-corrected chi connectivity index (χ2v) is 5.35. The lowest BCUT2D eigenvalue weighted by molar-refractivity contribution is 0.598. The smallest absolute Gasteiger partial charge is 0.0361 e. The summed E-state index contributed by atoms with van der Waals surface area (Å²) in [4.78, 5) is 2.12. The average Bonchev–Trinajstić information content (AvgIpc) is 2.48. The summed E-state index contributed by atoms with van der Waals surface area (Å²) in [7, 11) is 4.13. The van der Waals surface area contributed by atoms with E-state index < -0.39 is 0 Å². The van der Waals surface area contributed by atoms with Gasteiger partial charge in [-0.2, -0.15) is 0 Å². The minimum absolute atomic E-state index is 0.390. The molecule has 0 aromatic heterocycles. The number of anilines is 1. The molecule has 0 saturated heterocycles. The number of benzene rings is 2. The zero-order valence-electron chi connectivity index (χ0n) is 12.9. The summed E-state index contributed by atoms with van der Waals surface area (Å²) in [5, 5.41) is 3.46. The second kappa shape index (κ2) is 6.58. The molecule has 0 aliphatic heterocycles. The lowest BCUT2D eigenvalue weighted by Gasteiger charge is -2.15. The van der Waals surface area contributed by atoms with Crippen molar-refractivity contribution in [2.24, 2.45) is 0 Å². The van der Waals surface area contributed by atoms with Crippen molar-refractivity contribution < 1.29 is 0 Å². The lowest BCUT2D eigenvalue weighted by Crippen LogP contribution is -2.17. The first-order chi connectivity index (χ1) is 9.61. The van der Waals surface area contributed by atoms with Crippen LogP contribution in [0.15, 0.2) is 48.5 Å². The SMILES string of the molecule is CCNC(C)c1cccc(-c2ccc(N(C)C)cc2)c1. The van der Waals surface area contributed by atoms with Gasteiger partial charge in [-0.05, 0) is 48.4 Å². The summed E-state index contributed by atoms with van der Waals surface area (Å²) in [5.41, 5.74) is 5.10. The van der Waals surface area contributed by atoms with Gasteiger partial charge in [0, 0.05) is 25.8 Å². The average molecular weight is 268 g/mol. The molecule has 20 heavy (non-hydrogen) atoms. The van der Waals surface area contributed by atoms with Crippen molar-refractivity contribution >= 4 is 5.69 Å². The van der Waals surface area contributed by atoms with Gasteiger partial charge in [0.2, 0.25) is 0 Å². The standard InChI is InChI=1S/C18H24N2/c1-5-19-14(2)16-7-6-8-17(13-16)15-9-11-18(12-10-15)20(3)4/h6-14,19H,5H2,1-4H3. The van der Waals surface area contributed by atoms with Crippen molar-refractivity contribution in [1.29, 1.82) is 0 Å². The highest BCUT2D eigenvalue weighted by Gasteiger charge is 2.05. The number of nitrogens with zero attached hydrogens (tertiary/aromatic N) is 1. The fourth-order valence-corrected chi connectivity index (χ4v) is 2.36. The summed E-state index contributed by atoms with van der Waals surface area (Å²) < 4.78 is 0. The van der Waals surface area contributed by atoms with Gasteiger partial charge in [0.15, 0.2) is 0 Å². The third-order valence-corrected chi connectivity index (χ3v) is 3.61. The van der Waals surface area contributed by atoms with Crippen LogP contribution < -0.4 is 10.2 Å². The van der Waals surface area contributed by atoms with Gasteiger partial charge in [-0.3, -0.25) is 0 Å². The Kier molecular flexibility index (Phi) is 4.80. The Bertz CT molecular complexity index is 544. The zero-order valence-corrected chi connectivity index (χ0v) is 12.9. The number of hydrogen-bond acceptors (Lipinski definition) is 2. The van der Waals surface area contributed by atoms with E-state index in [1.807, 2.05) is 0 Å². The minimum Gasteiger partial charge on any atom is -0.378 e. The largest absolute Gasteiger partial charge is 0.378 e. The Morgan fingerprint density at radius 1 is 1.00 bits per heavy atom. The van der Waals surface area contributed by atoms with Crippen LogP contribution in [-0.2, 0) is 0 Å². The quantitative estimate of drug-likeness (QED) is 0.878. The van der Waals surface area contributed by atoms with Crippen LogP contribution in [0, 0.1) is 0 Å². The number of hydrogen-bond donors (Lipinski definition) is 1. The molecule has 0 fully saturated rings. The summed E-state index contributed by atoms with van der Waals surface area (Å²) in [6.45, 7) is 5.33. The molecule has 1 N–H and O–H groups in total. The van der Waals surface area contributed by atoms with Crippen LogP contribution in [0.2, 0.25) is 0 Å². The summed E-state index contributed by atoms with van der Waals surface area (Å²) >= 11 is 0.